The molecule has 2 aromatic heterocycles. The average Bonchev–Trinajstić information content (AvgIpc) is 2.96. The third kappa shape index (κ3) is 3.46. The number of anilines is 1. The molecule has 0 saturated heterocycles. The van der Waals surface area contributed by atoms with Crippen LogP contribution >= 0.6 is 0 Å². The van der Waals surface area contributed by atoms with Crippen molar-refractivity contribution >= 4 is 29.4 Å². The fourth-order valence-electron chi connectivity index (χ4n) is 1.94. The molecule has 0 bridgehead atoms. The molecule has 0 radical (unpaired) electrons. The topological polar surface area (TPSA) is 136 Å². The number of nitrogens with two attached hydrogens (primary N) is 1. The second kappa shape index (κ2) is 7.18. The van der Waals surface area contributed by atoms with Crippen LogP contribution in [0.2, 0.25) is 0 Å². The van der Waals surface area contributed by atoms with Gasteiger partial charge in [0.1, 0.15) is 5.69 Å². The van der Waals surface area contributed by atoms with Crippen molar-refractivity contribution in [3.05, 3.63) is 47.7 Å². The van der Waals surface area contributed by atoms with E-state index < -0.39 is 11.9 Å². The van der Waals surface area contributed by atoms with Crippen molar-refractivity contribution in [3.8, 4) is 0 Å². The van der Waals surface area contributed by atoms with Gasteiger partial charge in [0, 0.05) is 31.2 Å². The Morgan fingerprint density at radius 2 is 2.08 bits per heavy atom. The smallest absolute Gasteiger partial charge is 0.360 e. The van der Waals surface area contributed by atoms with Gasteiger partial charge in [-0.25, -0.2) is 9.78 Å². The summed E-state index contributed by atoms with van der Waals surface area (Å²) in [4.78, 5) is 28.2. The molecule has 0 atom stereocenters. The zero-order valence-electron chi connectivity index (χ0n) is 13.1. The number of nitrogens with one attached hydrogen (secondary N) is 2. The van der Waals surface area contributed by atoms with Crippen molar-refractivity contribution in [2.45, 2.75) is 0 Å². The molecular weight excluding hydrogens is 312 g/mol. The van der Waals surface area contributed by atoms with Gasteiger partial charge in [0.05, 0.1) is 18.5 Å². The minimum Gasteiger partial charge on any atom is -0.464 e. The van der Waals surface area contributed by atoms with E-state index in [1.54, 1.807) is 19.2 Å². The molecule has 2 heterocycles. The van der Waals surface area contributed by atoms with Gasteiger partial charge in [-0.15, -0.1) is 0 Å². The van der Waals surface area contributed by atoms with Crippen LogP contribution in [0.3, 0.4) is 0 Å². The number of ether oxygens (including phenoxy) is 1. The molecule has 0 aliphatic rings. The van der Waals surface area contributed by atoms with Gasteiger partial charge < -0.3 is 21.2 Å². The van der Waals surface area contributed by atoms with E-state index >= 15 is 0 Å². The highest BCUT2D eigenvalue weighted by Gasteiger charge is 2.19. The maximum atomic E-state index is 12.4. The number of pyridine rings is 1. The Kier molecular flexibility index (Phi) is 5.05. The van der Waals surface area contributed by atoms with Crippen molar-refractivity contribution in [1.29, 1.82) is 5.41 Å². The summed E-state index contributed by atoms with van der Waals surface area (Å²) in [6.07, 6.45) is 3.75. The van der Waals surface area contributed by atoms with E-state index in [1.165, 1.54) is 30.3 Å². The molecule has 0 saturated carbocycles. The SMILES string of the molecule is COC(=O)c1nn(C)cc1NC(=O)c1cccc(/C(C=N)=C/N)n1. The lowest BCUT2D eigenvalue weighted by Gasteiger charge is -2.06. The van der Waals surface area contributed by atoms with E-state index in [4.69, 9.17) is 11.1 Å². The highest BCUT2D eigenvalue weighted by Crippen LogP contribution is 2.16. The van der Waals surface area contributed by atoms with Crippen LogP contribution in [0.25, 0.3) is 5.57 Å². The molecule has 9 heteroatoms. The summed E-state index contributed by atoms with van der Waals surface area (Å²) < 4.78 is 6.01. The summed E-state index contributed by atoms with van der Waals surface area (Å²) in [5.41, 5.74) is 6.49. The zero-order valence-corrected chi connectivity index (χ0v) is 13.1. The minimum atomic E-state index is -0.662. The van der Waals surface area contributed by atoms with Gasteiger partial charge in [-0.3, -0.25) is 9.48 Å². The molecule has 1 amide bonds. The molecule has 2 rings (SSSR count). The number of carbonyl (C=O) groups excluding carboxylic acids is 2. The Morgan fingerprint density at radius 3 is 2.71 bits per heavy atom. The average molecular weight is 328 g/mol. The first-order valence-electron chi connectivity index (χ1n) is 6.83. The third-order valence-electron chi connectivity index (χ3n) is 3.07. The minimum absolute atomic E-state index is 0.00783. The van der Waals surface area contributed by atoms with Crippen LogP contribution in [0.15, 0.2) is 30.6 Å². The number of allylic oxidation sites excluding steroid dienone is 1. The van der Waals surface area contributed by atoms with Gasteiger partial charge in [-0.05, 0) is 12.1 Å². The van der Waals surface area contributed by atoms with Crippen molar-refractivity contribution in [2.24, 2.45) is 12.8 Å². The van der Waals surface area contributed by atoms with E-state index in [0.717, 1.165) is 6.21 Å². The molecule has 0 unspecified atom stereocenters. The summed E-state index contributed by atoms with van der Waals surface area (Å²) in [5.74, 6) is -1.19. The molecule has 0 aliphatic heterocycles. The molecule has 124 valence electrons. The highest BCUT2D eigenvalue weighted by atomic mass is 16.5. The third-order valence-corrected chi connectivity index (χ3v) is 3.07. The van der Waals surface area contributed by atoms with Crippen molar-refractivity contribution in [3.63, 3.8) is 0 Å². The molecule has 9 nitrogen and oxygen atoms in total. The van der Waals surface area contributed by atoms with Crippen LogP contribution < -0.4 is 11.1 Å². The van der Waals surface area contributed by atoms with E-state index in [9.17, 15) is 9.59 Å². The van der Waals surface area contributed by atoms with E-state index in [2.05, 4.69) is 20.1 Å². The quantitative estimate of drug-likeness (QED) is 0.548. The second-order valence-electron chi connectivity index (χ2n) is 4.69. The van der Waals surface area contributed by atoms with Crippen molar-refractivity contribution < 1.29 is 14.3 Å². The lowest BCUT2D eigenvalue weighted by molar-refractivity contribution is 0.0594. The Balaban J connectivity index is 2.30. The number of nitrogens with zero attached hydrogens (tertiary/aromatic N) is 3. The number of esters is 1. The maximum Gasteiger partial charge on any atom is 0.360 e. The lowest BCUT2D eigenvalue weighted by Crippen LogP contribution is -2.16. The lowest BCUT2D eigenvalue weighted by atomic mass is 10.2. The van der Waals surface area contributed by atoms with Crippen LogP contribution in [0.1, 0.15) is 26.7 Å². The highest BCUT2D eigenvalue weighted by molar-refractivity contribution is 6.09. The number of aryl methyl sites for hydroxylation is 1. The molecule has 0 aromatic carbocycles. The summed E-state index contributed by atoms with van der Waals surface area (Å²) in [5, 5.41) is 13.8. The van der Waals surface area contributed by atoms with Crippen LogP contribution in [0.5, 0.6) is 0 Å². The summed E-state index contributed by atoms with van der Waals surface area (Å²) >= 11 is 0. The van der Waals surface area contributed by atoms with Gasteiger partial charge in [0.15, 0.2) is 5.69 Å². The number of hydrogen-bond acceptors (Lipinski definition) is 7. The Bertz CT molecular complexity index is 824. The van der Waals surface area contributed by atoms with Crippen LogP contribution in [0.4, 0.5) is 5.69 Å². The molecular formula is C15H16N6O3. The molecule has 0 spiro atoms. The first kappa shape index (κ1) is 16.9. The second-order valence-corrected chi connectivity index (χ2v) is 4.69. The van der Waals surface area contributed by atoms with E-state index in [-0.39, 0.29) is 17.1 Å². The largest absolute Gasteiger partial charge is 0.464 e. The van der Waals surface area contributed by atoms with Gasteiger partial charge >= 0.3 is 5.97 Å². The summed E-state index contributed by atoms with van der Waals surface area (Å²) in [6.45, 7) is 0. The normalized spacial score (nSPS) is 11.0. The van der Waals surface area contributed by atoms with E-state index in [0.29, 0.717) is 11.3 Å². The number of rotatable bonds is 5. The fraction of sp³-hybridized carbons (Fsp3) is 0.133. The van der Waals surface area contributed by atoms with Crippen molar-refractivity contribution in [1.82, 2.24) is 14.8 Å². The summed E-state index contributed by atoms with van der Waals surface area (Å²) in [6, 6.07) is 4.75. The number of carbonyl (C=O) groups is 2. The Labute approximate surface area is 137 Å². The first-order chi connectivity index (χ1) is 11.5. The molecule has 24 heavy (non-hydrogen) atoms. The van der Waals surface area contributed by atoms with Gasteiger partial charge in [0.25, 0.3) is 5.91 Å². The number of hydrogen-bond donors (Lipinski definition) is 3. The van der Waals surface area contributed by atoms with Crippen molar-refractivity contribution in [2.75, 3.05) is 12.4 Å². The Hall–Kier alpha value is -3.49. The number of methoxy groups -OCH3 is 1. The monoisotopic (exact) mass is 328 g/mol. The molecule has 0 aliphatic carbocycles. The summed E-state index contributed by atoms with van der Waals surface area (Å²) in [7, 11) is 2.84. The molecule has 4 N–H and O–H groups in total. The standard InChI is InChI=1S/C15H16N6O3/c1-21-8-12(13(20-21)15(23)24-2)19-14(22)11-5-3-4-10(18-11)9(6-16)7-17/h3-8,16H,17H2,1-2H3,(H,19,22)/b9-7+,16-6?. The Morgan fingerprint density at radius 1 is 1.38 bits per heavy atom. The number of aromatic nitrogens is 3. The van der Waals surface area contributed by atoms with Gasteiger partial charge in [-0.2, -0.15) is 5.10 Å². The van der Waals surface area contributed by atoms with Gasteiger partial charge in [0.2, 0.25) is 0 Å². The first-order valence-corrected chi connectivity index (χ1v) is 6.83. The predicted molar refractivity (Wildman–Crippen MR) is 87.7 cm³/mol. The van der Waals surface area contributed by atoms with Crippen LogP contribution in [-0.4, -0.2) is 40.0 Å². The van der Waals surface area contributed by atoms with Gasteiger partial charge in [-0.1, -0.05) is 6.07 Å². The van der Waals surface area contributed by atoms with E-state index in [1.807, 2.05) is 0 Å². The zero-order chi connectivity index (χ0) is 17.7. The predicted octanol–water partition coefficient (Wildman–Crippen LogP) is 0.803. The fourth-order valence-corrected chi connectivity index (χ4v) is 1.94. The number of amides is 1. The maximum absolute atomic E-state index is 12.4. The van der Waals surface area contributed by atoms with Crippen LogP contribution in [-0.2, 0) is 11.8 Å². The molecule has 2 aromatic rings. The van der Waals surface area contributed by atoms with Crippen LogP contribution in [0, 0.1) is 5.41 Å². The molecule has 0 fully saturated rings.